The third-order valence-corrected chi connectivity index (χ3v) is 3.12. The molecular formula is C13H12FNO4. The highest BCUT2D eigenvalue weighted by molar-refractivity contribution is 6.13. The zero-order valence-electron chi connectivity index (χ0n) is 10.2. The van der Waals surface area contributed by atoms with Crippen LogP contribution >= 0.6 is 0 Å². The Morgan fingerprint density at radius 1 is 1.37 bits per heavy atom. The van der Waals surface area contributed by atoms with Crippen LogP contribution in [-0.2, 0) is 19.1 Å². The first-order chi connectivity index (χ1) is 9.20. The van der Waals surface area contributed by atoms with E-state index in [4.69, 9.17) is 14.3 Å². The quantitative estimate of drug-likeness (QED) is 0.776. The lowest BCUT2D eigenvalue weighted by Gasteiger charge is -2.13. The number of hydrogen-bond donors (Lipinski definition) is 0. The molecule has 100 valence electrons. The van der Waals surface area contributed by atoms with Gasteiger partial charge in [0.2, 0.25) is 12.4 Å². The second-order valence-corrected chi connectivity index (χ2v) is 4.29. The number of hydrogen-bond acceptors (Lipinski definition) is 5. The van der Waals surface area contributed by atoms with E-state index in [1.54, 1.807) is 19.1 Å². The topological polar surface area (TPSA) is 57.1 Å². The van der Waals surface area contributed by atoms with Crippen LogP contribution in [0.2, 0.25) is 0 Å². The van der Waals surface area contributed by atoms with Crippen LogP contribution in [0.3, 0.4) is 0 Å². The largest absolute Gasteiger partial charge is 0.431 e. The Kier molecular flexibility index (Phi) is 2.94. The highest BCUT2D eigenvalue weighted by Gasteiger charge is 2.54. The summed E-state index contributed by atoms with van der Waals surface area (Å²) in [4.78, 5) is 17.1. The number of benzene rings is 1. The van der Waals surface area contributed by atoms with Gasteiger partial charge in [-0.25, -0.2) is 4.39 Å². The van der Waals surface area contributed by atoms with Crippen molar-refractivity contribution in [2.75, 3.05) is 6.61 Å². The van der Waals surface area contributed by atoms with Crippen LogP contribution in [0.4, 0.5) is 4.39 Å². The maximum Gasteiger partial charge on any atom is 0.321 e. The van der Waals surface area contributed by atoms with E-state index in [0.717, 1.165) is 0 Å². The van der Waals surface area contributed by atoms with Gasteiger partial charge >= 0.3 is 5.97 Å². The lowest BCUT2D eigenvalue weighted by atomic mass is 9.94. The van der Waals surface area contributed by atoms with Crippen LogP contribution in [-0.4, -0.2) is 30.7 Å². The Morgan fingerprint density at radius 2 is 2.11 bits per heavy atom. The van der Waals surface area contributed by atoms with Crippen molar-refractivity contribution in [1.29, 1.82) is 0 Å². The van der Waals surface area contributed by atoms with Crippen LogP contribution in [0, 0.1) is 11.7 Å². The standard InChI is InChI=1S/C13H12FNO4/c1-2-17-13-11-9(12(16)18-13)10(15-19-11)7-3-5-8(14)6-4-7/h3-6,9,11,13H,2H2,1H3/t9-,11-,13-/m1/s1. The summed E-state index contributed by atoms with van der Waals surface area (Å²) in [5.41, 5.74) is 1.10. The van der Waals surface area contributed by atoms with E-state index >= 15 is 0 Å². The molecule has 1 aromatic carbocycles. The molecule has 0 radical (unpaired) electrons. The molecule has 0 unspecified atom stereocenters. The Hall–Kier alpha value is -1.95. The number of rotatable bonds is 3. The lowest BCUT2D eigenvalue weighted by molar-refractivity contribution is -0.177. The minimum Gasteiger partial charge on any atom is -0.431 e. The number of carbonyl (C=O) groups is 1. The molecule has 0 saturated carbocycles. The summed E-state index contributed by atoms with van der Waals surface area (Å²) in [6.45, 7) is 2.22. The smallest absolute Gasteiger partial charge is 0.321 e. The van der Waals surface area contributed by atoms with Gasteiger partial charge in [0, 0.05) is 12.2 Å². The molecule has 6 heteroatoms. The van der Waals surface area contributed by atoms with E-state index in [0.29, 0.717) is 17.9 Å². The van der Waals surface area contributed by atoms with Crippen molar-refractivity contribution in [3.05, 3.63) is 35.6 Å². The number of nitrogens with zero attached hydrogens (tertiary/aromatic N) is 1. The molecule has 19 heavy (non-hydrogen) atoms. The summed E-state index contributed by atoms with van der Waals surface area (Å²) in [5.74, 6) is -1.38. The highest BCUT2D eigenvalue weighted by atomic mass is 19.1. The minimum atomic E-state index is -0.732. The SMILES string of the molecule is CCO[C@@H]1OC(=O)[C@@H]2C(c3ccc(F)cc3)=NO[C@@H]12. The molecule has 1 aromatic rings. The predicted molar refractivity (Wildman–Crippen MR) is 62.8 cm³/mol. The number of cyclic esters (lactones) is 1. The Labute approximate surface area is 108 Å². The van der Waals surface area contributed by atoms with E-state index in [1.165, 1.54) is 12.1 Å². The number of oxime groups is 1. The molecule has 0 aromatic heterocycles. The Bertz CT molecular complexity index is 528. The van der Waals surface area contributed by atoms with Crippen LogP contribution in [0.25, 0.3) is 0 Å². The molecule has 0 amide bonds. The van der Waals surface area contributed by atoms with Gasteiger partial charge in [0.25, 0.3) is 0 Å². The molecule has 1 saturated heterocycles. The Morgan fingerprint density at radius 3 is 2.79 bits per heavy atom. The second kappa shape index (κ2) is 4.62. The molecule has 3 atom stereocenters. The van der Waals surface area contributed by atoms with Gasteiger partial charge < -0.3 is 14.3 Å². The number of esters is 1. The predicted octanol–water partition coefficient (Wildman–Crippen LogP) is 1.46. The van der Waals surface area contributed by atoms with Crippen molar-refractivity contribution in [2.24, 2.45) is 11.1 Å². The molecule has 2 aliphatic heterocycles. The maximum absolute atomic E-state index is 12.9. The van der Waals surface area contributed by atoms with Gasteiger partial charge in [-0.05, 0) is 19.1 Å². The first-order valence-corrected chi connectivity index (χ1v) is 6.02. The van der Waals surface area contributed by atoms with Crippen LogP contribution in [0.5, 0.6) is 0 Å². The van der Waals surface area contributed by atoms with E-state index in [9.17, 15) is 9.18 Å². The first kappa shape index (κ1) is 12.1. The van der Waals surface area contributed by atoms with Crippen molar-refractivity contribution in [3.63, 3.8) is 0 Å². The van der Waals surface area contributed by atoms with Crippen LogP contribution in [0.1, 0.15) is 12.5 Å². The third-order valence-electron chi connectivity index (χ3n) is 3.12. The van der Waals surface area contributed by atoms with Gasteiger partial charge in [-0.15, -0.1) is 0 Å². The van der Waals surface area contributed by atoms with Crippen LogP contribution in [0.15, 0.2) is 29.4 Å². The van der Waals surface area contributed by atoms with Crippen molar-refractivity contribution >= 4 is 11.7 Å². The van der Waals surface area contributed by atoms with E-state index in [-0.39, 0.29) is 5.82 Å². The van der Waals surface area contributed by atoms with Crippen molar-refractivity contribution < 1.29 is 23.5 Å². The van der Waals surface area contributed by atoms with Gasteiger partial charge in [0.15, 0.2) is 0 Å². The summed E-state index contributed by atoms with van der Waals surface area (Å²) >= 11 is 0. The summed E-state index contributed by atoms with van der Waals surface area (Å²) in [5, 5.41) is 3.92. The van der Waals surface area contributed by atoms with E-state index in [2.05, 4.69) is 5.16 Å². The van der Waals surface area contributed by atoms with Crippen molar-refractivity contribution in [3.8, 4) is 0 Å². The first-order valence-electron chi connectivity index (χ1n) is 6.02. The molecule has 2 aliphatic rings. The average Bonchev–Trinajstić information content (AvgIpc) is 2.94. The lowest BCUT2D eigenvalue weighted by Crippen LogP contribution is -2.30. The average molecular weight is 265 g/mol. The molecule has 3 rings (SSSR count). The molecule has 0 N–H and O–H groups in total. The fourth-order valence-electron chi connectivity index (χ4n) is 2.24. The molecule has 5 nitrogen and oxygen atoms in total. The van der Waals surface area contributed by atoms with E-state index < -0.39 is 24.3 Å². The molecule has 0 aliphatic carbocycles. The second-order valence-electron chi connectivity index (χ2n) is 4.29. The van der Waals surface area contributed by atoms with Gasteiger partial charge in [-0.3, -0.25) is 4.79 Å². The van der Waals surface area contributed by atoms with Gasteiger partial charge in [-0.2, -0.15) is 0 Å². The van der Waals surface area contributed by atoms with E-state index in [1.807, 2.05) is 0 Å². The Balaban J connectivity index is 1.86. The maximum atomic E-state index is 12.9. The fourth-order valence-corrected chi connectivity index (χ4v) is 2.24. The molecule has 0 spiro atoms. The summed E-state index contributed by atoms with van der Waals surface area (Å²) in [6, 6.07) is 5.74. The number of halogens is 1. The van der Waals surface area contributed by atoms with Gasteiger partial charge in [0.1, 0.15) is 17.4 Å². The van der Waals surface area contributed by atoms with Crippen molar-refractivity contribution in [2.45, 2.75) is 19.3 Å². The summed E-state index contributed by atoms with van der Waals surface area (Å²) in [6.07, 6.45) is -1.29. The fraction of sp³-hybridized carbons (Fsp3) is 0.385. The van der Waals surface area contributed by atoms with Gasteiger partial charge in [0.05, 0.1) is 0 Å². The van der Waals surface area contributed by atoms with Crippen molar-refractivity contribution in [1.82, 2.24) is 0 Å². The van der Waals surface area contributed by atoms with Gasteiger partial charge in [-0.1, -0.05) is 17.3 Å². The van der Waals surface area contributed by atoms with Crippen LogP contribution < -0.4 is 0 Å². The molecule has 1 fully saturated rings. The number of carbonyl (C=O) groups excluding carboxylic acids is 1. The zero-order valence-corrected chi connectivity index (χ0v) is 10.2. The number of ether oxygens (including phenoxy) is 2. The highest BCUT2D eigenvalue weighted by Crippen LogP contribution is 2.34. The zero-order chi connectivity index (χ0) is 13.4. The molecular weight excluding hydrogens is 253 g/mol. The molecule has 0 bridgehead atoms. The normalized spacial score (nSPS) is 28.6. The number of fused-ring (bicyclic) bond motifs is 1. The summed E-state index contributed by atoms with van der Waals surface area (Å²) < 4.78 is 23.3. The molecule has 2 heterocycles. The minimum absolute atomic E-state index is 0.346. The monoisotopic (exact) mass is 265 g/mol. The summed E-state index contributed by atoms with van der Waals surface area (Å²) in [7, 11) is 0. The third kappa shape index (κ3) is 1.98.